The van der Waals surface area contributed by atoms with Gasteiger partial charge in [-0.05, 0) is 6.92 Å². The van der Waals surface area contributed by atoms with Crippen molar-refractivity contribution >= 4 is 17.1 Å². The molecule has 0 aliphatic heterocycles. The number of hydrogen-bond acceptors (Lipinski definition) is 3. The summed E-state index contributed by atoms with van der Waals surface area (Å²) in [6, 6.07) is 0. The minimum Gasteiger partial charge on any atom is -0.293 e. The highest BCUT2D eigenvalue weighted by Gasteiger charge is 2.31. The van der Waals surface area contributed by atoms with Gasteiger partial charge in [0.2, 0.25) is 5.78 Å². The molecule has 72 valence electrons. The molecule has 5 heteroatoms. The van der Waals surface area contributed by atoms with E-state index in [0.717, 1.165) is 5.01 Å². The van der Waals surface area contributed by atoms with Crippen molar-refractivity contribution in [3.05, 3.63) is 16.1 Å². The standard InChI is InChI=1S/C8H9F2NOS/c1-5-11-6(4-13-5)3-7(12)8(2,9)10/h4H,3H2,1-2H3. The van der Waals surface area contributed by atoms with Crippen LogP contribution in [-0.2, 0) is 11.2 Å². The van der Waals surface area contributed by atoms with Crippen LogP contribution in [-0.4, -0.2) is 16.7 Å². The molecule has 1 aromatic heterocycles. The van der Waals surface area contributed by atoms with E-state index in [1.54, 1.807) is 12.3 Å². The van der Waals surface area contributed by atoms with Crippen molar-refractivity contribution in [3.8, 4) is 0 Å². The van der Waals surface area contributed by atoms with Gasteiger partial charge >= 0.3 is 5.92 Å². The zero-order valence-electron chi connectivity index (χ0n) is 7.30. The molecule has 1 rings (SSSR count). The minimum absolute atomic E-state index is 0.284. The van der Waals surface area contributed by atoms with Crippen molar-refractivity contribution in [2.24, 2.45) is 0 Å². The second kappa shape index (κ2) is 3.49. The van der Waals surface area contributed by atoms with Crippen LogP contribution in [0.4, 0.5) is 8.78 Å². The lowest BCUT2D eigenvalue weighted by molar-refractivity contribution is -0.139. The molecule has 0 atom stereocenters. The number of carbonyl (C=O) groups is 1. The third-order valence-corrected chi connectivity index (χ3v) is 2.32. The van der Waals surface area contributed by atoms with Crippen LogP contribution in [0, 0.1) is 6.92 Å². The molecule has 0 fully saturated rings. The van der Waals surface area contributed by atoms with E-state index in [0.29, 0.717) is 12.6 Å². The SMILES string of the molecule is Cc1nc(CC(=O)C(C)(F)F)cs1. The van der Waals surface area contributed by atoms with E-state index in [1.165, 1.54) is 11.3 Å². The van der Waals surface area contributed by atoms with Gasteiger partial charge in [-0.15, -0.1) is 11.3 Å². The molecular weight excluding hydrogens is 196 g/mol. The van der Waals surface area contributed by atoms with Crippen LogP contribution in [0.5, 0.6) is 0 Å². The monoisotopic (exact) mass is 205 g/mol. The van der Waals surface area contributed by atoms with Crippen molar-refractivity contribution in [2.45, 2.75) is 26.2 Å². The Balaban J connectivity index is 2.65. The van der Waals surface area contributed by atoms with E-state index in [2.05, 4.69) is 4.98 Å². The fraction of sp³-hybridized carbons (Fsp3) is 0.500. The van der Waals surface area contributed by atoms with Crippen LogP contribution in [0.15, 0.2) is 5.38 Å². The number of alkyl halides is 2. The number of aromatic nitrogens is 1. The van der Waals surface area contributed by atoms with E-state index in [1.807, 2.05) is 0 Å². The summed E-state index contributed by atoms with van der Waals surface area (Å²) >= 11 is 1.35. The first-order chi connectivity index (χ1) is 5.89. The first kappa shape index (κ1) is 10.2. The van der Waals surface area contributed by atoms with Crippen LogP contribution >= 0.6 is 11.3 Å². The molecule has 2 nitrogen and oxygen atoms in total. The van der Waals surface area contributed by atoms with Crippen LogP contribution in [0.25, 0.3) is 0 Å². The van der Waals surface area contributed by atoms with E-state index in [4.69, 9.17) is 0 Å². The van der Waals surface area contributed by atoms with Crippen LogP contribution < -0.4 is 0 Å². The minimum atomic E-state index is -3.25. The number of aryl methyl sites for hydroxylation is 1. The van der Waals surface area contributed by atoms with Crippen molar-refractivity contribution < 1.29 is 13.6 Å². The molecule has 0 saturated carbocycles. The molecule has 13 heavy (non-hydrogen) atoms. The van der Waals surface area contributed by atoms with Gasteiger partial charge in [0.05, 0.1) is 17.1 Å². The van der Waals surface area contributed by atoms with Crippen molar-refractivity contribution in [2.75, 3.05) is 0 Å². The third-order valence-electron chi connectivity index (χ3n) is 1.50. The van der Waals surface area contributed by atoms with Gasteiger partial charge in [0, 0.05) is 12.3 Å². The molecule has 0 unspecified atom stereocenters. The van der Waals surface area contributed by atoms with E-state index in [-0.39, 0.29) is 6.42 Å². The summed E-state index contributed by atoms with van der Waals surface area (Å²) in [5, 5.41) is 2.40. The number of nitrogens with zero attached hydrogens (tertiary/aromatic N) is 1. The summed E-state index contributed by atoms with van der Waals surface area (Å²) < 4.78 is 24.9. The molecule has 0 saturated heterocycles. The van der Waals surface area contributed by atoms with Gasteiger partial charge in [0.25, 0.3) is 0 Å². The smallest absolute Gasteiger partial charge is 0.293 e. The van der Waals surface area contributed by atoms with E-state index in [9.17, 15) is 13.6 Å². The Morgan fingerprint density at radius 1 is 1.69 bits per heavy atom. The normalized spacial score (nSPS) is 11.7. The second-order valence-electron chi connectivity index (χ2n) is 2.85. The summed E-state index contributed by atoms with van der Waals surface area (Å²) in [5.74, 6) is -4.34. The van der Waals surface area contributed by atoms with Gasteiger partial charge in [-0.2, -0.15) is 8.78 Å². The Hall–Kier alpha value is -0.840. The summed E-state index contributed by atoms with van der Waals surface area (Å²) in [5.41, 5.74) is 0.425. The molecule has 1 aromatic rings. The quantitative estimate of drug-likeness (QED) is 0.757. The molecule has 0 radical (unpaired) electrons. The van der Waals surface area contributed by atoms with Gasteiger partial charge in [-0.1, -0.05) is 0 Å². The highest BCUT2D eigenvalue weighted by Crippen LogP contribution is 2.17. The van der Waals surface area contributed by atoms with E-state index >= 15 is 0 Å². The fourth-order valence-electron chi connectivity index (χ4n) is 0.809. The number of thiazole rings is 1. The second-order valence-corrected chi connectivity index (χ2v) is 3.91. The average Bonchev–Trinajstić information content (AvgIpc) is 2.33. The van der Waals surface area contributed by atoms with Crippen molar-refractivity contribution in [3.63, 3.8) is 0 Å². The Kier molecular flexibility index (Phi) is 2.75. The maximum Gasteiger partial charge on any atom is 0.302 e. The fourth-order valence-corrected chi connectivity index (χ4v) is 1.42. The van der Waals surface area contributed by atoms with Crippen LogP contribution in [0.3, 0.4) is 0 Å². The largest absolute Gasteiger partial charge is 0.302 e. The predicted octanol–water partition coefficient (Wildman–Crippen LogP) is 2.22. The Labute approximate surface area is 78.6 Å². The number of hydrogen-bond donors (Lipinski definition) is 0. The summed E-state index contributed by atoms with van der Waals surface area (Å²) in [6.07, 6.45) is -0.284. The zero-order chi connectivity index (χ0) is 10.1. The van der Waals surface area contributed by atoms with Crippen molar-refractivity contribution in [1.82, 2.24) is 4.98 Å². The summed E-state index contributed by atoms with van der Waals surface area (Å²) in [4.78, 5) is 14.8. The lowest BCUT2D eigenvalue weighted by Gasteiger charge is -2.06. The molecule has 0 bridgehead atoms. The maximum atomic E-state index is 12.4. The number of carbonyl (C=O) groups excluding carboxylic acids is 1. The Bertz CT molecular complexity index is 316. The lowest BCUT2D eigenvalue weighted by Crippen LogP contribution is -2.26. The number of Topliss-reactive ketones (excluding diaryl/α,β-unsaturated/α-hetero) is 1. The zero-order valence-corrected chi connectivity index (χ0v) is 8.12. The van der Waals surface area contributed by atoms with Gasteiger partial charge in [0.1, 0.15) is 0 Å². The van der Waals surface area contributed by atoms with Gasteiger partial charge in [-0.25, -0.2) is 4.98 Å². The lowest BCUT2D eigenvalue weighted by atomic mass is 10.1. The molecule has 0 aromatic carbocycles. The number of rotatable bonds is 3. The van der Waals surface area contributed by atoms with Crippen LogP contribution in [0.1, 0.15) is 17.6 Å². The van der Waals surface area contributed by atoms with Gasteiger partial charge in [-0.3, -0.25) is 4.79 Å². The molecular formula is C8H9F2NOS. The molecule has 0 aliphatic rings. The third kappa shape index (κ3) is 2.84. The first-order valence-corrected chi connectivity index (χ1v) is 4.59. The first-order valence-electron chi connectivity index (χ1n) is 3.71. The van der Waals surface area contributed by atoms with E-state index < -0.39 is 11.7 Å². The van der Waals surface area contributed by atoms with Crippen molar-refractivity contribution in [1.29, 1.82) is 0 Å². The Morgan fingerprint density at radius 2 is 2.31 bits per heavy atom. The molecule has 0 aliphatic carbocycles. The predicted molar refractivity (Wildman–Crippen MR) is 46.2 cm³/mol. The number of ketones is 1. The molecule has 0 N–H and O–H groups in total. The highest BCUT2D eigenvalue weighted by molar-refractivity contribution is 7.09. The summed E-state index contributed by atoms with van der Waals surface area (Å²) in [6.45, 7) is 2.37. The molecule has 0 spiro atoms. The highest BCUT2D eigenvalue weighted by atomic mass is 32.1. The summed E-state index contributed by atoms with van der Waals surface area (Å²) in [7, 11) is 0. The topological polar surface area (TPSA) is 30.0 Å². The van der Waals surface area contributed by atoms with Gasteiger partial charge in [0.15, 0.2) is 0 Å². The maximum absolute atomic E-state index is 12.4. The average molecular weight is 205 g/mol. The number of halogens is 2. The van der Waals surface area contributed by atoms with Gasteiger partial charge < -0.3 is 0 Å². The molecule has 0 amide bonds. The van der Waals surface area contributed by atoms with Crippen LogP contribution in [0.2, 0.25) is 0 Å². The molecule has 1 heterocycles. The Morgan fingerprint density at radius 3 is 2.69 bits per heavy atom.